The molecule has 0 aromatic heterocycles. The second-order valence-electron chi connectivity index (χ2n) is 6.31. The Morgan fingerprint density at radius 1 is 0.923 bits per heavy atom. The number of aliphatic imine (C=N–C) groups is 1. The fourth-order valence-electron chi connectivity index (χ4n) is 2.39. The molecule has 2 aromatic carbocycles. The van der Waals surface area contributed by atoms with Gasteiger partial charge in [-0.3, -0.25) is 4.79 Å². The first kappa shape index (κ1) is 19.5. The number of guanidine groups is 1. The molecule has 5 heteroatoms. The summed E-state index contributed by atoms with van der Waals surface area (Å²) in [7, 11) is 3.50. The van der Waals surface area contributed by atoms with E-state index in [1.807, 2.05) is 36.4 Å². The Kier molecular flexibility index (Phi) is 8.19. The number of nitrogens with zero attached hydrogens (tertiary/aromatic N) is 2. The minimum Gasteiger partial charge on any atom is -0.356 e. The monoisotopic (exact) mass is 352 g/mol. The largest absolute Gasteiger partial charge is 0.356 e. The summed E-state index contributed by atoms with van der Waals surface area (Å²) in [4.78, 5) is 18.0. The quantitative estimate of drug-likeness (QED) is 0.436. The molecule has 5 nitrogen and oxygen atoms in total. The summed E-state index contributed by atoms with van der Waals surface area (Å²) in [6.45, 7) is 1.60. The topological polar surface area (TPSA) is 56.7 Å². The zero-order valence-electron chi connectivity index (χ0n) is 15.6. The second-order valence-corrected chi connectivity index (χ2v) is 6.31. The minimum absolute atomic E-state index is 0.0171. The van der Waals surface area contributed by atoms with Crippen LogP contribution in [0.15, 0.2) is 65.7 Å². The van der Waals surface area contributed by atoms with Crippen molar-refractivity contribution < 1.29 is 4.79 Å². The summed E-state index contributed by atoms with van der Waals surface area (Å²) in [6, 6.07) is 20.5. The summed E-state index contributed by atoms with van der Waals surface area (Å²) in [5, 5.41) is 6.44. The second kappa shape index (κ2) is 10.9. The van der Waals surface area contributed by atoms with Crippen LogP contribution >= 0.6 is 0 Å². The van der Waals surface area contributed by atoms with Crippen LogP contribution in [-0.2, 0) is 17.8 Å². The lowest BCUT2D eigenvalue weighted by Crippen LogP contribution is -2.43. The molecular weight excluding hydrogens is 324 g/mol. The van der Waals surface area contributed by atoms with Gasteiger partial charge in [-0.25, -0.2) is 4.99 Å². The van der Waals surface area contributed by atoms with Crippen LogP contribution in [0, 0.1) is 0 Å². The van der Waals surface area contributed by atoms with Crippen LogP contribution in [0.5, 0.6) is 0 Å². The van der Waals surface area contributed by atoms with Gasteiger partial charge in [0.15, 0.2) is 5.96 Å². The number of carbonyl (C=O) groups excluding carboxylic acids is 1. The fourth-order valence-corrected chi connectivity index (χ4v) is 2.39. The van der Waals surface area contributed by atoms with Crippen molar-refractivity contribution in [2.75, 3.05) is 27.2 Å². The Morgan fingerprint density at radius 3 is 2.15 bits per heavy atom. The smallest absolute Gasteiger partial charge is 0.241 e. The number of nitrogens with one attached hydrogen (secondary N) is 2. The Bertz CT molecular complexity index is 684. The van der Waals surface area contributed by atoms with Gasteiger partial charge in [0.05, 0.1) is 13.1 Å². The van der Waals surface area contributed by atoms with Gasteiger partial charge < -0.3 is 15.5 Å². The van der Waals surface area contributed by atoms with E-state index >= 15 is 0 Å². The summed E-state index contributed by atoms with van der Waals surface area (Å²) >= 11 is 0. The molecule has 0 aliphatic heterocycles. The molecule has 0 bridgehead atoms. The normalized spacial score (nSPS) is 11.1. The zero-order valence-corrected chi connectivity index (χ0v) is 15.6. The summed E-state index contributed by atoms with van der Waals surface area (Å²) < 4.78 is 0. The first-order chi connectivity index (χ1) is 12.6. The molecule has 26 heavy (non-hydrogen) atoms. The van der Waals surface area contributed by atoms with Crippen molar-refractivity contribution >= 4 is 11.9 Å². The SMILES string of the molecule is CN(C)C(=O)CNC(=NCc1ccccc1)NCCCc1ccccc1. The van der Waals surface area contributed by atoms with Crippen LogP contribution in [-0.4, -0.2) is 44.0 Å². The van der Waals surface area contributed by atoms with Crippen LogP contribution in [0.2, 0.25) is 0 Å². The molecule has 0 radical (unpaired) electrons. The molecule has 0 aliphatic rings. The van der Waals surface area contributed by atoms with E-state index < -0.39 is 0 Å². The van der Waals surface area contributed by atoms with Crippen LogP contribution in [0.4, 0.5) is 0 Å². The van der Waals surface area contributed by atoms with Gasteiger partial charge in [-0.15, -0.1) is 0 Å². The van der Waals surface area contributed by atoms with Gasteiger partial charge in [0.1, 0.15) is 0 Å². The molecule has 0 spiro atoms. The number of rotatable bonds is 8. The van der Waals surface area contributed by atoms with Gasteiger partial charge in [0, 0.05) is 20.6 Å². The number of hydrogen-bond donors (Lipinski definition) is 2. The van der Waals surface area contributed by atoms with Gasteiger partial charge in [-0.1, -0.05) is 60.7 Å². The molecule has 0 atom stereocenters. The Hall–Kier alpha value is -2.82. The zero-order chi connectivity index (χ0) is 18.6. The highest BCUT2D eigenvalue weighted by atomic mass is 16.2. The molecule has 0 fully saturated rings. The van der Waals surface area contributed by atoms with Crippen molar-refractivity contribution in [3.8, 4) is 0 Å². The van der Waals surface area contributed by atoms with Gasteiger partial charge >= 0.3 is 0 Å². The fraction of sp³-hybridized carbons (Fsp3) is 0.333. The first-order valence-corrected chi connectivity index (χ1v) is 8.95. The maximum absolute atomic E-state index is 11.8. The van der Waals surface area contributed by atoms with E-state index in [9.17, 15) is 4.79 Å². The third-order valence-corrected chi connectivity index (χ3v) is 3.95. The number of likely N-dealkylation sites (N-methyl/N-ethyl adjacent to an activating group) is 1. The molecule has 0 saturated carbocycles. The molecular formula is C21H28N4O. The maximum atomic E-state index is 11.8. The van der Waals surface area contributed by atoms with E-state index in [0.717, 1.165) is 24.9 Å². The predicted molar refractivity (Wildman–Crippen MR) is 107 cm³/mol. The van der Waals surface area contributed by atoms with E-state index in [2.05, 4.69) is 39.9 Å². The Labute approximate surface area is 156 Å². The summed E-state index contributed by atoms with van der Waals surface area (Å²) in [5.41, 5.74) is 2.46. The third-order valence-electron chi connectivity index (χ3n) is 3.95. The minimum atomic E-state index is 0.0171. The lowest BCUT2D eigenvalue weighted by molar-refractivity contribution is -0.127. The first-order valence-electron chi connectivity index (χ1n) is 8.95. The molecule has 138 valence electrons. The lowest BCUT2D eigenvalue weighted by Gasteiger charge is -2.15. The predicted octanol–water partition coefficient (Wildman–Crippen LogP) is 2.44. The summed E-state index contributed by atoms with van der Waals surface area (Å²) in [6.07, 6.45) is 2.01. The van der Waals surface area contributed by atoms with Crippen LogP contribution in [0.25, 0.3) is 0 Å². The molecule has 0 unspecified atom stereocenters. The highest BCUT2D eigenvalue weighted by molar-refractivity contribution is 5.86. The van der Waals surface area contributed by atoms with Gasteiger partial charge in [-0.2, -0.15) is 0 Å². The third kappa shape index (κ3) is 7.38. The highest BCUT2D eigenvalue weighted by Gasteiger charge is 2.05. The average molecular weight is 352 g/mol. The van der Waals surface area contributed by atoms with Crippen molar-refractivity contribution in [3.63, 3.8) is 0 Å². The van der Waals surface area contributed by atoms with Crippen molar-refractivity contribution in [2.45, 2.75) is 19.4 Å². The molecule has 1 amide bonds. The van der Waals surface area contributed by atoms with Crippen molar-refractivity contribution in [2.24, 2.45) is 4.99 Å². The Balaban J connectivity index is 1.85. The molecule has 2 rings (SSSR count). The maximum Gasteiger partial charge on any atom is 0.241 e. The van der Waals surface area contributed by atoms with Crippen molar-refractivity contribution in [3.05, 3.63) is 71.8 Å². The van der Waals surface area contributed by atoms with E-state index in [0.29, 0.717) is 12.5 Å². The van der Waals surface area contributed by atoms with E-state index in [1.165, 1.54) is 5.56 Å². The van der Waals surface area contributed by atoms with E-state index in [-0.39, 0.29) is 12.5 Å². The highest BCUT2D eigenvalue weighted by Crippen LogP contribution is 2.02. The molecule has 2 aromatic rings. The molecule has 0 heterocycles. The average Bonchev–Trinajstić information content (AvgIpc) is 2.67. The van der Waals surface area contributed by atoms with Gasteiger partial charge in [0.25, 0.3) is 0 Å². The van der Waals surface area contributed by atoms with Crippen LogP contribution in [0.1, 0.15) is 17.5 Å². The lowest BCUT2D eigenvalue weighted by atomic mass is 10.1. The summed E-state index contributed by atoms with van der Waals surface area (Å²) in [5.74, 6) is 0.681. The van der Waals surface area contributed by atoms with E-state index in [1.54, 1.807) is 19.0 Å². The Morgan fingerprint density at radius 2 is 1.54 bits per heavy atom. The number of carbonyl (C=O) groups is 1. The van der Waals surface area contributed by atoms with Crippen molar-refractivity contribution in [1.29, 1.82) is 0 Å². The van der Waals surface area contributed by atoms with E-state index in [4.69, 9.17) is 0 Å². The number of amides is 1. The van der Waals surface area contributed by atoms with Crippen LogP contribution < -0.4 is 10.6 Å². The number of hydrogen-bond acceptors (Lipinski definition) is 2. The van der Waals surface area contributed by atoms with Gasteiger partial charge in [-0.05, 0) is 24.0 Å². The van der Waals surface area contributed by atoms with Gasteiger partial charge in [0.2, 0.25) is 5.91 Å². The number of aryl methyl sites for hydroxylation is 1. The van der Waals surface area contributed by atoms with Crippen molar-refractivity contribution in [1.82, 2.24) is 15.5 Å². The standard InChI is InChI=1S/C21H28N4O/c1-25(2)20(26)17-24-21(23-16-19-12-7-4-8-13-19)22-15-9-14-18-10-5-3-6-11-18/h3-8,10-13H,9,14-17H2,1-2H3,(H2,22,23,24). The number of benzene rings is 2. The van der Waals surface area contributed by atoms with Crippen LogP contribution in [0.3, 0.4) is 0 Å². The molecule has 0 saturated heterocycles. The molecule has 2 N–H and O–H groups in total. The molecule has 0 aliphatic carbocycles.